The molecule has 1 amide bonds. The molecule has 0 spiro atoms. The van der Waals surface area contributed by atoms with Gasteiger partial charge >= 0.3 is 0 Å². The molecule has 3 rings (SSSR count). The molecule has 0 saturated carbocycles. The summed E-state index contributed by atoms with van der Waals surface area (Å²) in [5, 5.41) is 2.78. The fraction of sp³-hybridized carbons (Fsp3) is 0.269. The second kappa shape index (κ2) is 11.7. The molecule has 0 radical (unpaired) electrons. The van der Waals surface area contributed by atoms with E-state index in [2.05, 4.69) is 5.32 Å². The third-order valence-corrected chi connectivity index (χ3v) is 6.76. The number of amides is 1. The minimum absolute atomic E-state index is 0.0515. The zero-order chi connectivity index (χ0) is 24.6. The second-order valence-corrected chi connectivity index (χ2v) is 9.93. The van der Waals surface area contributed by atoms with E-state index in [0.717, 1.165) is 34.2 Å². The molecule has 34 heavy (non-hydrogen) atoms. The second-order valence-electron chi connectivity index (χ2n) is 8.07. The van der Waals surface area contributed by atoms with Crippen LogP contribution in [0.2, 0.25) is 0 Å². The number of rotatable bonds is 11. The summed E-state index contributed by atoms with van der Waals surface area (Å²) in [5.41, 5.74) is 1.30. The van der Waals surface area contributed by atoms with Crippen LogP contribution < -0.4 is 14.4 Å². The number of anilines is 1. The summed E-state index contributed by atoms with van der Waals surface area (Å²) in [6.07, 6.45) is 1.50. The first kappa shape index (κ1) is 25.2. The van der Waals surface area contributed by atoms with E-state index >= 15 is 0 Å². The van der Waals surface area contributed by atoms with E-state index in [1.165, 1.54) is 24.3 Å². The van der Waals surface area contributed by atoms with Gasteiger partial charge in [-0.2, -0.15) is 0 Å². The van der Waals surface area contributed by atoms with Gasteiger partial charge < -0.3 is 10.1 Å². The maximum Gasteiger partial charge on any atom is 0.264 e. The van der Waals surface area contributed by atoms with Crippen LogP contribution in [0.4, 0.5) is 10.1 Å². The summed E-state index contributed by atoms with van der Waals surface area (Å²) in [5.74, 6) is -0.133. The lowest BCUT2D eigenvalue weighted by Gasteiger charge is -2.24. The minimum atomic E-state index is -4.01. The van der Waals surface area contributed by atoms with Crippen molar-refractivity contribution in [1.29, 1.82) is 0 Å². The first-order chi connectivity index (χ1) is 16.3. The lowest BCUT2D eigenvalue weighted by atomic mass is 10.1. The number of aryl methyl sites for hydroxylation is 1. The van der Waals surface area contributed by atoms with Crippen LogP contribution in [0.5, 0.6) is 5.75 Å². The van der Waals surface area contributed by atoms with Crippen LogP contribution in [0, 0.1) is 5.82 Å². The third kappa shape index (κ3) is 7.05. The number of ether oxygens (including phenoxy) is 1. The first-order valence-corrected chi connectivity index (χ1v) is 12.6. The molecule has 0 unspecified atom stereocenters. The SMILES string of the molecule is CC(C)Oc1cccc(CCCNC(=O)CN(c2ccc(F)cc2)S(=O)(=O)c2ccccc2)c1. The zero-order valence-corrected chi connectivity index (χ0v) is 20.1. The Morgan fingerprint density at radius 2 is 1.71 bits per heavy atom. The van der Waals surface area contributed by atoms with E-state index in [4.69, 9.17) is 4.74 Å². The topological polar surface area (TPSA) is 75.7 Å². The number of nitrogens with one attached hydrogen (secondary N) is 1. The maximum atomic E-state index is 13.4. The van der Waals surface area contributed by atoms with Gasteiger partial charge in [-0.3, -0.25) is 9.10 Å². The molecule has 0 fully saturated rings. The molecule has 0 aliphatic carbocycles. The molecule has 1 N–H and O–H groups in total. The van der Waals surface area contributed by atoms with E-state index in [9.17, 15) is 17.6 Å². The van der Waals surface area contributed by atoms with E-state index in [-0.39, 0.29) is 16.7 Å². The molecular weight excluding hydrogens is 455 g/mol. The van der Waals surface area contributed by atoms with Gasteiger partial charge in [-0.1, -0.05) is 30.3 Å². The Balaban J connectivity index is 1.63. The molecule has 0 saturated heterocycles. The summed E-state index contributed by atoms with van der Waals surface area (Å²) >= 11 is 0. The third-order valence-electron chi connectivity index (χ3n) is 4.97. The summed E-state index contributed by atoms with van der Waals surface area (Å²) < 4.78 is 46.5. The first-order valence-electron chi connectivity index (χ1n) is 11.1. The highest BCUT2D eigenvalue weighted by atomic mass is 32.2. The Morgan fingerprint density at radius 3 is 2.38 bits per heavy atom. The van der Waals surface area contributed by atoms with Crippen molar-refractivity contribution in [3.05, 3.63) is 90.2 Å². The normalized spacial score (nSPS) is 11.3. The van der Waals surface area contributed by atoms with Crippen molar-refractivity contribution in [2.45, 2.75) is 37.7 Å². The highest BCUT2D eigenvalue weighted by Gasteiger charge is 2.27. The van der Waals surface area contributed by atoms with Crippen molar-refractivity contribution in [3.63, 3.8) is 0 Å². The molecule has 0 aromatic heterocycles. The molecule has 8 heteroatoms. The fourth-order valence-corrected chi connectivity index (χ4v) is 4.84. The van der Waals surface area contributed by atoms with Gasteiger partial charge in [-0.25, -0.2) is 12.8 Å². The van der Waals surface area contributed by atoms with Crippen LogP contribution >= 0.6 is 0 Å². The van der Waals surface area contributed by atoms with Crippen LogP contribution in [0.25, 0.3) is 0 Å². The maximum absolute atomic E-state index is 13.4. The number of nitrogens with zero attached hydrogens (tertiary/aromatic N) is 1. The van der Waals surface area contributed by atoms with E-state index in [0.29, 0.717) is 13.0 Å². The Labute approximate surface area is 200 Å². The van der Waals surface area contributed by atoms with Gasteiger partial charge in [-0.15, -0.1) is 0 Å². The Hall–Kier alpha value is -3.39. The van der Waals surface area contributed by atoms with Crippen molar-refractivity contribution >= 4 is 21.6 Å². The van der Waals surface area contributed by atoms with Gasteiger partial charge in [0.15, 0.2) is 0 Å². The smallest absolute Gasteiger partial charge is 0.264 e. The quantitative estimate of drug-likeness (QED) is 0.405. The fourth-order valence-electron chi connectivity index (χ4n) is 3.40. The molecular formula is C26H29FN2O4S. The van der Waals surface area contributed by atoms with Gasteiger partial charge in [0.2, 0.25) is 5.91 Å². The Morgan fingerprint density at radius 1 is 1.00 bits per heavy atom. The highest BCUT2D eigenvalue weighted by Crippen LogP contribution is 2.23. The molecule has 0 aliphatic rings. The highest BCUT2D eigenvalue weighted by molar-refractivity contribution is 7.92. The van der Waals surface area contributed by atoms with Crippen LogP contribution in [-0.2, 0) is 21.2 Å². The number of carbonyl (C=O) groups excluding carboxylic acids is 1. The molecule has 0 heterocycles. The largest absolute Gasteiger partial charge is 0.491 e. The average Bonchev–Trinajstić information content (AvgIpc) is 2.81. The van der Waals surface area contributed by atoms with Gasteiger partial charge in [0, 0.05) is 6.54 Å². The van der Waals surface area contributed by atoms with Crippen molar-refractivity contribution in [3.8, 4) is 5.75 Å². The van der Waals surface area contributed by atoms with Crippen molar-refractivity contribution in [2.75, 3.05) is 17.4 Å². The molecule has 180 valence electrons. The molecule has 3 aromatic rings. The number of hydrogen-bond donors (Lipinski definition) is 1. The van der Waals surface area contributed by atoms with Crippen LogP contribution in [0.3, 0.4) is 0 Å². The monoisotopic (exact) mass is 484 g/mol. The van der Waals surface area contributed by atoms with Gasteiger partial charge in [0.05, 0.1) is 16.7 Å². The van der Waals surface area contributed by atoms with E-state index < -0.39 is 28.3 Å². The molecule has 3 aromatic carbocycles. The Kier molecular flexibility index (Phi) is 8.65. The average molecular weight is 485 g/mol. The number of carbonyl (C=O) groups is 1. The predicted octanol–water partition coefficient (Wildman–Crippen LogP) is 4.56. The standard InChI is InChI=1S/C26H29FN2O4S/c1-20(2)33-24-10-6-8-21(18-24)9-7-17-28-26(30)19-29(23-15-13-22(27)14-16-23)34(31,32)25-11-4-3-5-12-25/h3-6,8,10-16,18,20H,7,9,17,19H2,1-2H3,(H,28,30). The van der Waals surface area contributed by atoms with Crippen LogP contribution in [0.15, 0.2) is 83.8 Å². The summed E-state index contributed by atoms with van der Waals surface area (Å²) in [6.45, 7) is 3.90. The van der Waals surface area contributed by atoms with Gasteiger partial charge in [0.25, 0.3) is 10.0 Å². The lowest BCUT2D eigenvalue weighted by molar-refractivity contribution is -0.119. The van der Waals surface area contributed by atoms with Crippen molar-refractivity contribution in [2.24, 2.45) is 0 Å². The zero-order valence-electron chi connectivity index (χ0n) is 19.3. The Bertz CT molecular complexity index is 1180. The van der Waals surface area contributed by atoms with Crippen molar-refractivity contribution in [1.82, 2.24) is 5.32 Å². The van der Waals surface area contributed by atoms with Gasteiger partial charge in [-0.05, 0) is 80.8 Å². The minimum Gasteiger partial charge on any atom is -0.491 e. The predicted molar refractivity (Wildman–Crippen MR) is 131 cm³/mol. The lowest BCUT2D eigenvalue weighted by Crippen LogP contribution is -2.41. The number of sulfonamides is 1. The van der Waals surface area contributed by atoms with Crippen molar-refractivity contribution < 1.29 is 22.3 Å². The van der Waals surface area contributed by atoms with E-state index in [1.807, 2.05) is 38.1 Å². The summed E-state index contributed by atoms with van der Waals surface area (Å²) in [7, 11) is -4.01. The number of hydrogen-bond acceptors (Lipinski definition) is 4. The van der Waals surface area contributed by atoms with Crippen LogP contribution in [0.1, 0.15) is 25.8 Å². The van der Waals surface area contributed by atoms with Gasteiger partial charge in [0.1, 0.15) is 18.1 Å². The molecule has 0 atom stereocenters. The van der Waals surface area contributed by atoms with E-state index in [1.54, 1.807) is 18.2 Å². The number of halogens is 1. The number of benzene rings is 3. The summed E-state index contributed by atoms with van der Waals surface area (Å²) in [4.78, 5) is 12.7. The molecule has 0 bridgehead atoms. The van der Waals surface area contributed by atoms with Crippen LogP contribution in [-0.4, -0.2) is 33.5 Å². The molecule has 6 nitrogen and oxygen atoms in total. The molecule has 0 aliphatic heterocycles. The summed E-state index contributed by atoms with van der Waals surface area (Å²) in [6, 6.07) is 20.7.